The van der Waals surface area contributed by atoms with Crippen molar-refractivity contribution in [1.82, 2.24) is 10.2 Å². The number of carbonyl (C=O) groups excluding carboxylic acids is 1. The van der Waals surface area contributed by atoms with E-state index in [1.807, 2.05) is 6.92 Å². The van der Waals surface area contributed by atoms with Gasteiger partial charge in [-0.05, 0) is 18.6 Å². The van der Waals surface area contributed by atoms with Crippen molar-refractivity contribution < 1.29 is 14.7 Å². The minimum Gasteiger partial charge on any atom is -0.478 e. The Kier molecular flexibility index (Phi) is 3.94. The quantitative estimate of drug-likeness (QED) is 0.787. The standard InChI is InChI=1S/C12H11N3O4S/c1-2-6-5-7(12(18)19)11(20-6)13-10(17)8-3-4-9(16)15-14-8/h3-5H,2H2,1H3,(H,13,17)(H,15,16)(H,18,19). The minimum absolute atomic E-state index is 0.00684. The summed E-state index contributed by atoms with van der Waals surface area (Å²) in [6, 6.07) is 3.97. The number of carboxylic acids is 1. The first-order valence-electron chi connectivity index (χ1n) is 5.74. The molecule has 0 saturated carbocycles. The first-order valence-corrected chi connectivity index (χ1v) is 6.56. The Hall–Kier alpha value is -2.48. The second-order valence-corrected chi connectivity index (χ2v) is 5.01. The highest BCUT2D eigenvalue weighted by Gasteiger charge is 2.18. The van der Waals surface area contributed by atoms with Gasteiger partial charge in [-0.25, -0.2) is 9.89 Å². The van der Waals surface area contributed by atoms with Gasteiger partial charge in [0.15, 0.2) is 0 Å². The smallest absolute Gasteiger partial charge is 0.338 e. The number of aromatic nitrogens is 2. The summed E-state index contributed by atoms with van der Waals surface area (Å²) < 4.78 is 0. The number of rotatable bonds is 4. The molecule has 2 aromatic heterocycles. The molecular formula is C12H11N3O4S. The van der Waals surface area contributed by atoms with E-state index in [-0.39, 0.29) is 16.3 Å². The number of hydrogen-bond donors (Lipinski definition) is 3. The van der Waals surface area contributed by atoms with Crippen LogP contribution in [0.4, 0.5) is 5.00 Å². The maximum Gasteiger partial charge on any atom is 0.338 e. The zero-order chi connectivity index (χ0) is 14.7. The Morgan fingerprint density at radius 2 is 2.20 bits per heavy atom. The Labute approximate surface area is 117 Å². The third-order valence-corrected chi connectivity index (χ3v) is 3.70. The lowest BCUT2D eigenvalue weighted by Gasteiger charge is -2.02. The van der Waals surface area contributed by atoms with Crippen molar-refractivity contribution in [2.24, 2.45) is 0 Å². The Bertz CT molecular complexity index is 699. The van der Waals surface area contributed by atoms with E-state index < -0.39 is 17.4 Å². The number of aryl methyl sites for hydroxylation is 1. The van der Waals surface area contributed by atoms with Crippen molar-refractivity contribution in [3.05, 3.63) is 44.7 Å². The number of carboxylic acid groups (broad SMARTS) is 1. The highest BCUT2D eigenvalue weighted by molar-refractivity contribution is 7.16. The van der Waals surface area contributed by atoms with Crippen LogP contribution >= 0.6 is 11.3 Å². The van der Waals surface area contributed by atoms with Gasteiger partial charge in [0.2, 0.25) is 0 Å². The molecule has 104 valence electrons. The molecule has 0 aliphatic carbocycles. The van der Waals surface area contributed by atoms with Crippen LogP contribution in [0, 0.1) is 0 Å². The predicted octanol–water partition coefficient (Wildman–Crippen LogP) is 1.34. The van der Waals surface area contributed by atoms with Gasteiger partial charge >= 0.3 is 5.97 Å². The van der Waals surface area contributed by atoms with Gasteiger partial charge in [-0.2, -0.15) is 5.10 Å². The number of nitrogens with zero attached hydrogens (tertiary/aromatic N) is 1. The van der Waals surface area contributed by atoms with Gasteiger partial charge in [0, 0.05) is 10.9 Å². The predicted molar refractivity (Wildman–Crippen MR) is 73.5 cm³/mol. The summed E-state index contributed by atoms with van der Waals surface area (Å²) in [6.45, 7) is 1.90. The van der Waals surface area contributed by atoms with Crippen LogP contribution in [-0.2, 0) is 6.42 Å². The van der Waals surface area contributed by atoms with Crippen LogP contribution in [0.1, 0.15) is 32.6 Å². The summed E-state index contributed by atoms with van der Waals surface area (Å²) in [5.41, 5.74) is -0.367. The molecule has 0 radical (unpaired) electrons. The molecule has 3 N–H and O–H groups in total. The Balaban J connectivity index is 2.27. The number of aromatic carboxylic acids is 1. The molecule has 0 aliphatic heterocycles. The van der Waals surface area contributed by atoms with Gasteiger partial charge in [0.25, 0.3) is 11.5 Å². The molecule has 2 rings (SSSR count). The van der Waals surface area contributed by atoms with Crippen molar-refractivity contribution in [2.75, 3.05) is 5.32 Å². The van der Waals surface area contributed by atoms with Crippen molar-refractivity contribution in [3.8, 4) is 0 Å². The number of anilines is 1. The summed E-state index contributed by atoms with van der Waals surface area (Å²) in [7, 11) is 0. The van der Waals surface area contributed by atoms with E-state index >= 15 is 0 Å². The zero-order valence-corrected chi connectivity index (χ0v) is 11.3. The molecule has 0 bridgehead atoms. The van der Waals surface area contributed by atoms with Gasteiger partial charge in [-0.1, -0.05) is 6.92 Å². The molecule has 8 heteroatoms. The van der Waals surface area contributed by atoms with Gasteiger partial charge in [0.1, 0.15) is 10.7 Å². The molecule has 0 atom stereocenters. The fraction of sp³-hybridized carbons (Fsp3) is 0.167. The van der Waals surface area contributed by atoms with E-state index in [1.54, 1.807) is 0 Å². The highest BCUT2D eigenvalue weighted by atomic mass is 32.1. The van der Waals surface area contributed by atoms with Crippen molar-refractivity contribution >= 4 is 28.2 Å². The summed E-state index contributed by atoms with van der Waals surface area (Å²) in [5.74, 6) is -1.68. The Morgan fingerprint density at radius 1 is 1.45 bits per heavy atom. The molecule has 0 unspecified atom stereocenters. The molecule has 2 aromatic rings. The van der Waals surface area contributed by atoms with E-state index in [2.05, 4.69) is 15.5 Å². The van der Waals surface area contributed by atoms with Gasteiger partial charge < -0.3 is 10.4 Å². The van der Waals surface area contributed by atoms with Crippen molar-refractivity contribution in [1.29, 1.82) is 0 Å². The normalized spacial score (nSPS) is 10.2. The number of carbonyl (C=O) groups is 2. The van der Waals surface area contributed by atoms with E-state index in [0.29, 0.717) is 6.42 Å². The van der Waals surface area contributed by atoms with Crippen LogP contribution < -0.4 is 10.9 Å². The van der Waals surface area contributed by atoms with Crippen LogP contribution in [0.15, 0.2) is 23.0 Å². The molecule has 2 heterocycles. The van der Waals surface area contributed by atoms with Gasteiger partial charge in [0.05, 0.1) is 5.56 Å². The number of thiophene rings is 1. The first kappa shape index (κ1) is 13.9. The summed E-state index contributed by atoms with van der Waals surface area (Å²) in [6.07, 6.45) is 0.678. The first-order chi connectivity index (χ1) is 9.51. The van der Waals surface area contributed by atoms with Gasteiger partial charge in [-0.15, -0.1) is 11.3 Å². The number of nitrogens with one attached hydrogen (secondary N) is 2. The highest BCUT2D eigenvalue weighted by Crippen LogP contribution is 2.28. The molecule has 0 spiro atoms. The molecular weight excluding hydrogens is 282 g/mol. The fourth-order valence-electron chi connectivity index (χ4n) is 1.51. The lowest BCUT2D eigenvalue weighted by atomic mass is 10.2. The summed E-state index contributed by atoms with van der Waals surface area (Å²) >= 11 is 1.20. The Morgan fingerprint density at radius 3 is 2.75 bits per heavy atom. The summed E-state index contributed by atoms with van der Waals surface area (Å²) in [5, 5.41) is 17.6. The largest absolute Gasteiger partial charge is 0.478 e. The number of amides is 1. The van der Waals surface area contributed by atoms with E-state index in [9.17, 15) is 14.4 Å². The number of H-pyrrole nitrogens is 1. The van der Waals surface area contributed by atoms with Gasteiger partial charge in [-0.3, -0.25) is 9.59 Å². The maximum atomic E-state index is 11.9. The second kappa shape index (κ2) is 5.66. The molecule has 20 heavy (non-hydrogen) atoms. The van der Waals surface area contributed by atoms with Crippen LogP contribution in [0.25, 0.3) is 0 Å². The molecule has 7 nitrogen and oxygen atoms in total. The van der Waals surface area contributed by atoms with E-state index in [1.165, 1.54) is 29.5 Å². The third kappa shape index (κ3) is 2.91. The third-order valence-electron chi connectivity index (χ3n) is 2.50. The topological polar surface area (TPSA) is 112 Å². The number of hydrogen-bond acceptors (Lipinski definition) is 5. The van der Waals surface area contributed by atoms with Crippen LogP contribution in [0.3, 0.4) is 0 Å². The average molecular weight is 293 g/mol. The molecule has 1 amide bonds. The zero-order valence-electron chi connectivity index (χ0n) is 10.5. The van der Waals surface area contributed by atoms with Crippen molar-refractivity contribution in [3.63, 3.8) is 0 Å². The van der Waals surface area contributed by atoms with Crippen LogP contribution in [-0.4, -0.2) is 27.2 Å². The SMILES string of the molecule is CCc1cc(C(=O)O)c(NC(=O)c2ccc(=O)[nH]n2)s1. The van der Waals surface area contributed by atoms with Crippen LogP contribution in [0.2, 0.25) is 0 Å². The maximum absolute atomic E-state index is 11.9. The lowest BCUT2D eigenvalue weighted by molar-refractivity contribution is 0.0698. The number of aromatic amines is 1. The lowest BCUT2D eigenvalue weighted by Crippen LogP contribution is -2.18. The minimum atomic E-state index is -1.11. The average Bonchev–Trinajstić information content (AvgIpc) is 2.82. The fourth-order valence-corrected chi connectivity index (χ4v) is 2.49. The molecule has 0 aliphatic rings. The van der Waals surface area contributed by atoms with E-state index in [0.717, 1.165) is 4.88 Å². The summed E-state index contributed by atoms with van der Waals surface area (Å²) in [4.78, 5) is 34.7. The molecule has 0 fully saturated rings. The molecule has 0 saturated heterocycles. The second-order valence-electron chi connectivity index (χ2n) is 3.87. The molecule has 0 aromatic carbocycles. The van der Waals surface area contributed by atoms with Crippen molar-refractivity contribution in [2.45, 2.75) is 13.3 Å². The van der Waals surface area contributed by atoms with E-state index in [4.69, 9.17) is 5.11 Å². The van der Waals surface area contributed by atoms with Crippen LogP contribution in [0.5, 0.6) is 0 Å². The monoisotopic (exact) mass is 293 g/mol.